The highest BCUT2D eigenvalue weighted by molar-refractivity contribution is 5.71. The Balaban J connectivity index is 1.48. The Morgan fingerprint density at radius 2 is 1.62 bits per heavy atom. The first kappa shape index (κ1) is 16.6. The average molecular weight is 341 g/mol. The summed E-state index contributed by atoms with van der Waals surface area (Å²) in [6, 6.07) is 25.1. The van der Waals surface area contributed by atoms with Crippen molar-refractivity contribution >= 4 is 11.4 Å². The van der Waals surface area contributed by atoms with Crippen molar-refractivity contribution in [3.05, 3.63) is 90.0 Å². The minimum atomic E-state index is 0.554. The van der Waals surface area contributed by atoms with Crippen molar-refractivity contribution in [1.29, 1.82) is 0 Å². The maximum absolute atomic E-state index is 5.80. The molecular weight excluding hydrogens is 318 g/mol. The highest BCUT2D eigenvalue weighted by atomic mass is 15.1. The molecule has 0 fully saturated rings. The summed E-state index contributed by atoms with van der Waals surface area (Å²) in [5.41, 5.74) is 11.9. The lowest BCUT2D eigenvalue weighted by molar-refractivity contribution is 0.296. The monoisotopic (exact) mass is 341 g/mol. The topological polar surface area (TPSA) is 42.1 Å². The molecule has 26 heavy (non-hydrogen) atoms. The van der Waals surface area contributed by atoms with Crippen LogP contribution in [0.15, 0.2) is 78.9 Å². The summed E-state index contributed by atoms with van der Waals surface area (Å²) in [6.07, 6.45) is 3.47. The quantitative estimate of drug-likeness (QED) is 0.753. The summed E-state index contributed by atoms with van der Waals surface area (Å²) in [5.74, 6) is 0.554. The van der Waals surface area contributed by atoms with Crippen LogP contribution in [0.5, 0.6) is 0 Å². The van der Waals surface area contributed by atoms with Gasteiger partial charge in [0.1, 0.15) is 5.82 Å². The van der Waals surface area contributed by atoms with E-state index >= 15 is 0 Å². The number of nitrogens with two attached hydrogens (primary N) is 1. The van der Waals surface area contributed by atoms with E-state index in [0.29, 0.717) is 5.82 Å². The molecule has 0 saturated carbocycles. The van der Waals surface area contributed by atoms with Crippen LogP contribution in [-0.4, -0.2) is 23.0 Å². The van der Waals surface area contributed by atoms with Crippen LogP contribution in [-0.2, 0) is 6.54 Å². The Bertz CT molecular complexity index is 898. The van der Waals surface area contributed by atoms with E-state index in [1.165, 1.54) is 16.7 Å². The molecule has 0 amide bonds. The number of benzene rings is 2. The Hall–Kier alpha value is -2.91. The zero-order chi connectivity index (χ0) is 17.8. The third-order valence-electron chi connectivity index (χ3n) is 4.80. The van der Waals surface area contributed by atoms with Gasteiger partial charge in [-0.05, 0) is 35.3 Å². The number of anilines is 1. The Labute approximate surface area is 154 Å². The first-order valence-corrected chi connectivity index (χ1v) is 9.06. The number of hydrogen-bond acceptors (Lipinski definition) is 3. The first-order valence-electron chi connectivity index (χ1n) is 9.06. The molecule has 2 N–H and O–H groups in total. The van der Waals surface area contributed by atoms with Gasteiger partial charge in [-0.3, -0.25) is 4.90 Å². The predicted molar refractivity (Wildman–Crippen MR) is 108 cm³/mol. The second-order valence-electron chi connectivity index (χ2n) is 6.74. The van der Waals surface area contributed by atoms with Crippen molar-refractivity contribution in [3.8, 4) is 11.3 Å². The number of pyridine rings is 1. The molecule has 3 aromatic rings. The van der Waals surface area contributed by atoms with Gasteiger partial charge >= 0.3 is 0 Å². The predicted octanol–water partition coefficient (Wildman–Crippen LogP) is 4.62. The maximum atomic E-state index is 5.80. The smallest absolute Gasteiger partial charge is 0.124 e. The summed E-state index contributed by atoms with van der Waals surface area (Å²) < 4.78 is 0. The molecule has 0 aliphatic carbocycles. The normalized spacial score (nSPS) is 14.8. The summed E-state index contributed by atoms with van der Waals surface area (Å²) in [7, 11) is 0. The van der Waals surface area contributed by atoms with Gasteiger partial charge in [0.15, 0.2) is 0 Å². The third-order valence-corrected chi connectivity index (χ3v) is 4.80. The fourth-order valence-electron chi connectivity index (χ4n) is 3.46. The molecule has 4 rings (SSSR count). The van der Waals surface area contributed by atoms with Crippen LogP contribution in [0.25, 0.3) is 16.8 Å². The van der Waals surface area contributed by atoms with Gasteiger partial charge in [-0.2, -0.15) is 0 Å². The Morgan fingerprint density at radius 1 is 0.846 bits per heavy atom. The molecule has 0 radical (unpaired) electrons. The van der Waals surface area contributed by atoms with Crippen molar-refractivity contribution in [1.82, 2.24) is 9.88 Å². The number of hydrogen-bond donors (Lipinski definition) is 1. The van der Waals surface area contributed by atoms with Gasteiger partial charge in [0, 0.05) is 25.2 Å². The van der Waals surface area contributed by atoms with Gasteiger partial charge in [0.2, 0.25) is 0 Å². The highest BCUT2D eigenvalue weighted by Gasteiger charge is 2.14. The molecule has 0 spiro atoms. The van der Waals surface area contributed by atoms with Crippen LogP contribution in [0.4, 0.5) is 5.82 Å². The fourth-order valence-corrected chi connectivity index (χ4v) is 3.46. The maximum Gasteiger partial charge on any atom is 0.124 e. The summed E-state index contributed by atoms with van der Waals surface area (Å²) in [6.45, 7) is 3.11. The fraction of sp³-hybridized carbons (Fsp3) is 0.174. The number of nitrogen functional groups attached to an aromatic ring is 1. The molecule has 1 aliphatic rings. The van der Waals surface area contributed by atoms with Crippen molar-refractivity contribution in [2.75, 3.05) is 18.8 Å². The molecule has 3 nitrogen and oxygen atoms in total. The van der Waals surface area contributed by atoms with Gasteiger partial charge in [-0.15, -0.1) is 0 Å². The van der Waals surface area contributed by atoms with Crippen LogP contribution in [0.1, 0.15) is 17.5 Å². The van der Waals surface area contributed by atoms with Crippen molar-refractivity contribution in [3.63, 3.8) is 0 Å². The minimum Gasteiger partial charge on any atom is -0.384 e. The second-order valence-corrected chi connectivity index (χ2v) is 6.74. The minimum absolute atomic E-state index is 0.554. The lowest BCUT2D eigenvalue weighted by Gasteiger charge is -2.27. The van der Waals surface area contributed by atoms with Gasteiger partial charge in [-0.1, -0.05) is 66.7 Å². The zero-order valence-corrected chi connectivity index (χ0v) is 14.8. The van der Waals surface area contributed by atoms with Gasteiger partial charge in [0.05, 0.1) is 5.69 Å². The Kier molecular flexibility index (Phi) is 4.80. The first-order chi connectivity index (χ1) is 12.8. The van der Waals surface area contributed by atoms with Crippen molar-refractivity contribution < 1.29 is 0 Å². The molecule has 0 unspecified atom stereocenters. The Morgan fingerprint density at radius 3 is 2.38 bits per heavy atom. The SMILES string of the molecule is Nc1cccc(-c2ccc(C3=CCCN(Cc4ccccc4)C3)cc2)n1. The van der Waals surface area contributed by atoms with Crippen LogP contribution < -0.4 is 5.73 Å². The average Bonchev–Trinajstić information content (AvgIpc) is 2.69. The second kappa shape index (κ2) is 7.54. The highest BCUT2D eigenvalue weighted by Crippen LogP contribution is 2.25. The third kappa shape index (κ3) is 3.84. The molecule has 1 aromatic heterocycles. The molecule has 130 valence electrons. The number of nitrogens with zero attached hydrogens (tertiary/aromatic N) is 2. The number of aromatic nitrogens is 1. The molecule has 2 heterocycles. The van der Waals surface area contributed by atoms with Gasteiger partial charge in [-0.25, -0.2) is 4.98 Å². The molecule has 0 bridgehead atoms. The van der Waals surface area contributed by atoms with E-state index in [1.807, 2.05) is 18.2 Å². The van der Waals surface area contributed by atoms with Crippen molar-refractivity contribution in [2.45, 2.75) is 13.0 Å². The molecule has 0 atom stereocenters. The van der Waals surface area contributed by atoms with E-state index in [0.717, 1.165) is 37.3 Å². The molecular formula is C23H23N3. The molecule has 1 aliphatic heterocycles. The van der Waals surface area contributed by atoms with Crippen LogP contribution in [0.2, 0.25) is 0 Å². The largest absolute Gasteiger partial charge is 0.384 e. The standard InChI is InChI=1S/C23H23N3/c24-23-10-4-9-22(25-23)20-13-11-19(12-14-20)21-8-5-15-26(17-21)16-18-6-2-1-3-7-18/h1-4,6-14H,5,15-17H2,(H2,24,25). The summed E-state index contributed by atoms with van der Waals surface area (Å²) in [5, 5.41) is 0. The molecule has 0 saturated heterocycles. The van der Waals surface area contributed by atoms with E-state index in [9.17, 15) is 0 Å². The zero-order valence-electron chi connectivity index (χ0n) is 14.8. The number of rotatable bonds is 4. The van der Waals surface area contributed by atoms with E-state index in [4.69, 9.17) is 5.73 Å². The van der Waals surface area contributed by atoms with Gasteiger partial charge in [0.25, 0.3) is 0 Å². The lowest BCUT2D eigenvalue weighted by Crippen LogP contribution is -2.29. The van der Waals surface area contributed by atoms with E-state index < -0.39 is 0 Å². The van der Waals surface area contributed by atoms with E-state index in [-0.39, 0.29) is 0 Å². The summed E-state index contributed by atoms with van der Waals surface area (Å²) in [4.78, 5) is 6.91. The molecule has 2 aromatic carbocycles. The molecule has 3 heteroatoms. The lowest BCUT2D eigenvalue weighted by atomic mass is 9.98. The van der Waals surface area contributed by atoms with Crippen LogP contribution in [0, 0.1) is 0 Å². The summed E-state index contributed by atoms with van der Waals surface area (Å²) >= 11 is 0. The van der Waals surface area contributed by atoms with Crippen molar-refractivity contribution in [2.24, 2.45) is 0 Å². The van der Waals surface area contributed by atoms with Gasteiger partial charge < -0.3 is 5.73 Å². The van der Waals surface area contributed by atoms with Crippen LogP contribution in [0.3, 0.4) is 0 Å². The van der Waals surface area contributed by atoms with Crippen LogP contribution >= 0.6 is 0 Å². The van der Waals surface area contributed by atoms with E-state index in [1.54, 1.807) is 0 Å². The van der Waals surface area contributed by atoms with E-state index in [2.05, 4.69) is 70.6 Å².